The summed E-state index contributed by atoms with van der Waals surface area (Å²) < 4.78 is 10.5. The zero-order valence-corrected chi connectivity index (χ0v) is 33.7. The van der Waals surface area contributed by atoms with Crippen LogP contribution in [0.5, 0.6) is 0 Å². The Balaban J connectivity index is 1.13. The third-order valence-corrected chi connectivity index (χ3v) is 23.3. The summed E-state index contributed by atoms with van der Waals surface area (Å²) in [6.45, 7) is 0. The second kappa shape index (κ2) is 12.7. The molecule has 1 aliphatic heterocycles. The van der Waals surface area contributed by atoms with E-state index in [-0.39, 0.29) is 0 Å². The molecule has 0 radical (unpaired) electrons. The Morgan fingerprint density at radius 2 is 1.09 bits per heavy atom. The van der Waals surface area contributed by atoms with Crippen molar-refractivity contribution in [3.8, 4) is 39.6 Å². The van der Waals surface area contributed by atoms with Crippen molar-refractivity contribution in [2.24, 2.45) is 0 Å². The van der Waals surface area contributed by atoms with Crippen LogP contribution in [0.1, 0.15) is 0 Å². The molecule has 266 valence electrons. The Bertz CT molecular complexity index is 3310. The zero-order chi connectivity index (χ0) is 37.5. The number of nitrogens with zero attached hydrogens (tertiary/aromatic N) is 3. The van der Waals surface area contributed by atoms with Crippen LogP contribution < -0.4 is 17.6 Å². The van der Waals surface area contributed by atoms with E-state index in [0.29, 0.717) is 0 Å². The van der Waals surface area contributed by atoms with Crippen LogP contribution in [0.2, 0.25) is 0 Å². The number of benzene rings is 8. The topological polar surface area (TPSA) is 30.7 Å². The molecule has 0 amide bonds. The number of aromatic nitrogens is 3. The molecule has 0 aliphatic carbocycles. The molecular formula is C52H33GeN3S. The molecule has 0 saturated carbocycles. The van der Waals surface area contributed by atoms with Gasteiger partial charge in [-0.1, -0.05) is 18.2 Å². The number of para-hydroxylation sites is 1. The van der Waals surface area contributed by atoms with Crippen molar-refractivity contribution < 1.29 is 0 Å². The third-order valence-electron chi connectivity index (χ3n) is 11.9. The normalized spacial score (nSPS) is 13.1. The van der Waals surface area contributed by atoms with E-state index in [2.05, 4.69) is 205 Å². The third kappa shape index (κ3) is 4.72. The molecule has 0 atom stereocenters. The monoisotopic (exact) mass is 805 g/mol. The summed E-state index contributed by atoms with van der Waals surface area (Å²) in [5.41, 5.74) is 8.86. The summed E-state index contributed by atoms with van der Waals surface area (Å²) in [7, 11) is 0. The maximum atomic E-state index is 5.65. The molecule has 0 unspecified atom stereocenters. The fourth-order valence-corrected chi connectivity index (χ4v) is 21.8. The molecule has 12 rings (SSSR count). The number of hydrogen-bond donors (Lipinski definition) is 0. The molecule has 4 heterocycles. The van der Waals surface area contributed by atoms with Gasteiger partial charge in [-0.25, -0.2) is 0 Å². The van der Waals surface area contributed by atoms with Gasteiger partial charge in [0.2, 0.25) is 0 Å². The predicted octanol–water partition coefficient (Wildman–Crippen LogP) is 10.6. The van der Waals surface area contributed by atoms with Crippen molar-refractivity contribution in [3.05, 3.63) is 200 Å². The summed E-state index contributed by atoms with van der Waals surface area (Å²) in [6.07, 6.45) is 0. The number of fused-ring (bicyclic) bond motifs is 10. The van der Waals surface area contributed by atoms with Gasteiger partial charge < -0.3 is 0 Å². The van der Waals surface area contributed by atoms with Crippen molar-refractivity contribution in [3.63, 3.8) is 0 Å². The molecule has 57 heavy (non-hydrogen) atoms. The van der Waals surface area contributed by atoms with Gasteiger partial charge >= 0.3 is 304 Å². The Hall–Kier alpha value is -6.60. The summed E-state index contributed by atoms with van der Waals surface area (Å²) in [6, 6.07) is 73.1. The molecule has 3 aromatic heterocycles. The molecule has 0 fully saturated rings. The predicted molar refractivity (Wildman–Crippen MR) is 243 cm³/mol. The van der Waals surface area contributed by atoms with Gasteiger partial charge in [0.15, 0.2) is 0 Å². The molecule has 8 aromatic carbocycles. The first-order valence-electron chi connectivity index (χ1n) is 19.4. The molecule has 11 aromatic rings. The van der Waals surface area contributed by atoms with E-state index < -0.39 is 13.3 Å². The van der Waals surface area contributed by atoms with Gasteiger partial charge in [-0.05, 0) is 6.07 Å². The van der Waals surface area contributed by atoms with Crippen molar-refractivity contribution in [1.82, 2.24) is 14.5 Å². The Morgan fingerprint density at radius 3 is 1.88 bits per heavy atom. The van der Waals surface area contributed by atoms with Crippen LogP contribution in [0.4, 0.5) is 0 Å². The van der Waals surface area contributed by atoms with E-state index >= 15 is 0 Å². The molecular weight excluding hydrogens is 771 g/mol. The van der Waals surface area contributed by atoms with Gasteiger partial charge in [0.25, 0.3) is 0 Å². The summed E-state index contributed by atoms with van der Waals surface area (Å²) >= 11 is -1.75. The van der Waals surface area contributed by atoms with E-state index in [1.54, 1.807) is 0 Å². The summed E-state index contributed by atoms with van der Waals surface area (Å²) in [5, 5.41) is 5.19. The second-order valence-electron chi connectivity index (χ2n) is 14.9. The zero-order valence-electron chi connectivity index (χ0n) is 30.8. The van der Waals surface area contributed by atoms with Gasteiger partial charge in [-0.3, -0.25) is 0 Å². The standard InChI is InChI=1S/C52H33GeN3S/c1-4-17-34(18-5-1)49-48-50(41-26-10-13-28-43(41)53(48,36-20-6-2-7-21-36)37-22-8-3-9-23-37)55-52(54-49)35-19-16-24-38(33-35)56-44-29-14-11-27-42(44)47-45(56)32-31-40-39-25-12-15-30-46(39)57-51(40)47/h1-33H. The van der Waals surface area contributed by atoms with Crippen molar-refractivity contribution in [2.75, 3.05) is 0 Å². The molecule has 1 aliphatic rings. The first-order chi connectivity index (χ1) is 28.3. The van der Waals surface area contributed by atoms with Crippen LogP contribution in [-0.4, -0.2) is 27.8 Å². The van der Waals surface area contributed by atoms with Gasteiger partial charge in [-0.15, -0.1) is 0 Å². The Kier molecular flexibility index (Phi) is 7.28. The molecule has 5 heteroatoms. The summed E-state index contributed by atoms with van der Waals surface area (Å²) in [5.74, 6) is 0.733. The molecule has 3 nitrogen and oxygen atoms in total. The van der Waals surface area contributed by atoms with Crippen LogP contribution in [-0.2, 0) is 0 Å². The van der Waals surface area contributed by atoms with Gasteiger partial charge in [0.1, 0.15) is 0 Å². The minimum atomic E-state index is -3.64. The molecule has 0 N–H and O–H groups in total. The van der Waals surface area contributed by atoms with E-state index in [1.807, 2.05) is 11.3 Å². The van der Waals surface area contributed by atoms with E-state index in [9.17, 15) is 0 Å². The first kappa shape index (κ1) is 32.6. The fraction of sp³-hybridized carbons (Fsp3) is 0. The first-order valence-corrected chi connectivity index (χ1v) is 24.4. The Morgan fingerprint density at radius 1 is 0.456 bits per heavy atom. The van der Waals surface area contributed by atoms with E-state index in [0.717, 1.165) is 34.0 Å². The fourth-order valence-electron chi connectivity index (χ4n) is 9.54. The quantitative estimate of drug-likeness (QED) is 0.162. The van der Waals surface area contributed by atoms with E-state index in [1.165, 1.54) is 65.1 Å². The van der Waals surface area contributed by atoms with Crippen LogP contribution in [0.15, 0.2) is 200 Å². The number of hydrogen-bond acceptors (Lipinski definition) is 3. The van der Waals surface area contributed by atoms with Gasteiger partial charge in [0, 0.05) is 10.1 Å². The van der Waals surface area contributed by atoms with Crippen LogP contribution in [0.3, 0.4) is 0 Å². The van der Waals surface area contributed by atoms with Crippen molar-refractivity contribution in [1.29, 1.82) is 0 Å². The molecule has 0 saturated heterocycles. The van der Waals surface area contributed by atoms with Crippen LogP contribution in [0, 0.1) is 0 Å². The van der Waals surface area contributed by atoms with Crippen LogP contribution >= 0.6 is 11.3 Å². The minimum absolute atomic E-state index is 0.733. The van der Waals surface area contributed by atoms with Crippen LogP contribution in [0.25, 0.3) is 81.6 Å². The van der Waals surface area contributed by atoms with Gasteiger partial charge in [0.05, 0.1) is 0 Å². The second-order valence-corrected chi connectivity index (χ2v) is 23.7. The Labute approximate surface area is 336 Å². The van der Waals surface area contributed by atoms with Crippen molar-refractivity contribution in [2.45, 2.75) is 0 Å². The maximum absolute atomic E-state index is 5.65. The SMILES string of the molecule is c1ccc(-c2nc(-c3cccc(-n4c5ccccc5c5c6sc7ccccc7c6ccc54)c3)nc3[c]2[Ge]([c]2ccccc2)([c]2ccccc2)[c]2ccccc2-3)cc1. The molecule has 0 bridgehead atoms. The average molecular weight is 805 g/mol. The van der Waals surface area contributed by atoms with E-state index in [4.69, 9.17) is 9.97 Å². The van der Waals surface area contributed by atoms with Crippen molar-refractivity contribution >= 4 is 84.2 Å². The molecule has 0 spiro atoms. The average Bonchev–Trinajstić information content (AvgIpc) is 3.94. The number of rotatable bonds is 5. The number of thiophene rings is 1. The summed E-state index contributed by atoms with van der Waals surface area (Å²) in [4.78, 5) is 11.3. The van der Waals surface area contributed by atoms with Gasteiger partial charge in [-0.2, -0.15) is 0 Å².